The second-order valence-electron chi connectivity index (χ2n) is 5.82. The molecule has 1 atom stereocenters. The van der Waals surface area contributed by atoms with E-state index in [1.165, 1.54) is 12.1 Å². The van der Waals surface area contributed by atoms with Crippen molar-refractivity contribution in [1.29, 1.82) is 0 Å². The first kappa shape index (κ1) is 16.1. The van der Waals surface area contributed by atoms with Gasteiger partial charge in [-0.25, -0.2) is 9.37 Å². The highest BCUT2D eigenvalue weighted by Gasteiger charge is 2.34. The molecule has 0 radical (unpaired) electrons. The summed E-state index contributed by atoms with van der Waals surface area (Å²) in [6.45, 7) is 0.927. The molecule has 3 rings (SSSR count). The van der Waals surface area contributed by atoms with E-state index in [1.807, 2.05) is 0 Å². The highest BCUT2D eigenvalue weighted by Crippen LogP contribution is 2.20. The molecule has 124 valence electrons. The summed E-state index contributed by atoms with van der Waals surface area (Å²) in [6, 6.07) is 11.5. The minimum Gasteiger partial charge on any atom is -0.342 e. The monoisotopic (exact) mass is 327 g/mol. The van der Waals surface area contributed by atoms with Crippen LogP contribution in [0.4, 0.5) is 10.2 Å². The van der Waals surface area contributed by atoms with Gasteiger partial charge in [-0.2, -0.15) is 0 Å². The highest BCUT2D eigenvalue weighted by atomic mass is 19.1. The minimum absolute atomic E-state index is 0.0294. The SMILES string of the molecule is O=C(Nc1ccccn1)[C@H]1CC(=O)N(CCc2ccc(F)cc2)C1. The van der Waals surface area contributed by atoms with Crippen LogP contribution in [0.1, 0.15) is 12.0 Å². The highest BCUT2D eigenvalue weighted by molar-refractivity contribution is 5.96. The Morgan fingerprint density at radius 1 is 1.25 bits per heavy atom. The van der Waals surface area contributed by atoms with Crippen molar-refractivity contribution >= 4 is 17.6 Å². The minimum atomic E-state index is -0.368. The zero-order chi connectivity index (χ0) is 16.9. The fourth-order valence-electron chi connectivity index (χ4n) is 2.74. The van der Waals surface area contributed by atoms with Gasteiger partial charge in [-0.1, -0.05) is 18.2 Å². The number of hydrogen-bond acceptors (Lipinski definition) is 3. The van der Waals surface area contributed by atoms with E-state index in [4.69, 9.17) is 0 Å². The molecule has 1 aliphatic heterocycles. The Hall–Kier alpha value is -2.76. The van der Waals surface area contributed by atoms with Crippen molar-refractivity contribution in [2.24, 2.45) is 5.92 Å². The fraction of sp³-hybridized carbons (Fsp3) is 0.278. The normalized spacial score (nSPS) is 17.1. The number of anilines is 1. The number of carbonyl (C=O) groups excluding carboxylic acids is 2. The number of carbonyl (C=O) groups is 2. The Kier molecular flexibility index (Phi) is 4.84. The molecular weight excluding hydrogens is 309 g/mol. The van der Waals surface area contributed by atoms with Crippen LogP contribution in [0, 0.1) is 11.7 Å². The van der Waals surface area contributed by atoms with Crippen LogP contribution in [-0.4, -0.2) is 34.8 Å². The van der Waals surface area contributed by atoms with E-state index in [0.717, 1.165) is 5.56 Å². The van der Waals surface area contributed by atoms with Gasteiger partial charge in [0, 0.05) is 25.7 Å². The molecule has 0 unspecified atom stereocenters. The van der Waals surface area contributed by atoms with E-state index in [2.05, 4.69) is 10.3 Å². The maximum absolute atomic E-state index is 12.9. The molecular formula is C18H18FN3O2. The third-order valence-electron chi connectivity index (χ3n) is 4.09. The fourth-order valence-corrected chi connectivity index (χ4v) is 2.74. The molecule has 6 heteroatoms. The first-order valence-electron chi connectivity index (χ1n) is 7.86. The second-order valence-corrected chi connectivity index (χ2v) is 5.82. The van der Waals surface area contributed by atoms with Crippen LogP contribution in [0.3, 0.4) is 0 Å². The summed E-state index contributed by atoms with van der Waals surface area (Å²) in [5, 5.41) is 2.73. The topological polar surface area (TPSA) is 62.3 Å². The molecule has 2 heterocycles. The number of halogens is 1. The lowest BCUT2D eigenvalue weighted by Gasteiger charge is -2.16. The number of nitrogens with zero attached hydrogens (tertiary/aromatic N) is 2. The zero-order valence-electron chi connectivity index (χ0n) is 13.1. The molecule has 0 spiro atoms. The number of aromatic nitrogens is 1. The average Bonchev–Trinajstić information content (AvgIpc) is 2.96. The molecule has 24 heavy (non-hydrogen) atoms. The van der Waals surface area contributed by atoms with Gasteiger partial charge in [0.05, 0.1) is 5.92 Å². The molecule has 1 fully saturated rings. The van der Waals surface area contributed by atoms with Crippen molar-refractivity contribution < 1.29 is 14.0 Å². The van der Waals surface area contributed by atoms with E-state index >= 15 is 0 Å². The van der Waals surface area contributed by atoms with Gasteiger partial charge in [0.25, 0.3) is 0 Å². The Morgan fingerprint density at radius 3 is 2.75 bits per heavy atom. The largest absolute Gasteiger partial charge is 0.342 e. The molecule has 1 N–H and O–H groups in total. The molecule has 1 aliphatic rings. The van der Waals surface area contributed by atoms with Gasteiger partial charge < -0.3 is 10.2 Å². The molecule has 2 amide bonds. The van der Waals surface area contributed by atoms with E-state index in [9.17, 15) is 14.0 Å². The number of nitrogens with one attached hydrogen (secondary N) is 1. The predicted molar refractivity (Wildman–Crippen MR) is 87.7 cm³/mol. The third kappa shape index (κ3) is 3.95. The van der Waals surface area contributed by atoms with Crippen LogP contribution >= 0.6 is 0 Å². The Bertz CT molecular complexity index is 719. The first-order valence-corrected chi connectivity index (χ1v) is 7.86. The maximum atomic E-state index is 12.9. The first-order chi connectivity index (χ1) is 11.6. The number of likely N-dealkylation sites (tertiary alicyclic amines) is 1. The van der Waals surface area contributed by atoms with Crippen molar-refractivity contribution in [2.75, 3.05) is 18.4 Å². The van der Waals surface area contributed by atoms with Crippen LogP contribution in [-0.2, 0) is 16.0 Å². The van der Waals surface area contributed by atoms with Gasteiger partial charge in [0.2, 0.25) is 11.8 Å². The van der Waals surface area contributed by atoms with E-state index in [0.29, 0.717) is 25.3 Å². The molecule has 2 aromatic rings. The Morgan fingerprint density at radius 2 is 2.04 bits per heavy atom. The van der Waals surface area contributed by atoms with Gasteiger partial charge in [0.1, 0.15) is 11.6 Å². The van der Waals surface area contributed by atoms with Crippen LogP contribution in [0.5, 0.6) is 0 Å². The molecule has 0 aliphatic carbocycles. The lowest BCUT2D eigenvalue weighted by atomic mass is 10.1. The number of pyridine rings is 1. The summed E-state index contributed by atoms with van der Waals surface area (Å²) in [5.41, 5.74) is 0.964. The van der Waals surface area contributed by atoms with E-state index in [1.54, 1.807) is 41.4 Å². The van der Waals surface area contributed by atoms with Crippen LogP contribution < -0.4 is 5.32 Å². The Labute approximate surface area is 139 Å². The summed E-state index contributed by atoms with van der Waals surface area (Å²) in [5.74, 6) is -0.376. The van der Waals surface area contributed by atoms with Crippen LogP contribution in [0.25, 0.3) is 0 Å². The molecule has 0 saturated carbocycles. The number of benzene rings is 1. The van der Waals surface area contributed by atoms with Crippen LogP contribution in [0.2, 0.25) is 0 Å². The van der Waals surface area contributed by atoms with Gasteiger partial charge >= 0.3 is 0 Å². The summed E-state index contributed by atoms with van der Waals surface area (Å²) >= 11 is 0. The summed E-state index contributed by atoms with van der Waals surface area (Å²) in [4.78, 5) is 30.1. The van der Waals surface area contributed by atoms with Gasteiger partial charge in [-0.15, -0.1) is 0 Å². The number of rotatable bonds is 5. The lowest BCUT2D eigenvalue weighted by Crippen LogP contribution is -2.30. The standard InChI is InChI=1S/C18H18FN3O2/c19-15-6-4-13(5-7-15)8-10-22-12-14(11-17(22)23)18(24)21-16-3-1-2-9-20-16/h1-7,9,14H,8,10-12H2,(H,20,21,24)/t14-/m0/s1. The van der Waals surface area contributed by atoms with Gasteiger partial charge in [-0.05, 0) is 36.2 Å². The summed E-state index contributed by atoms with van der Waals surface area (Å²) in [6.07, 6.45) is 2.45. The van der Waals surface area contributed by atoms with Crippen molar-refractivity contribution in [3.05, 3.63) is 60.0 Å². The van der Waals surface area contributed by atoms with E-state index in [-0.39, 0.29) is 30.0 Å². The lowest BCUT2D eigenvalue weighted by molar-refractivity contribution is -0.128. The molecule has 1 aromatic carbocycles. The third-order valence-corrected chi connectivity index (χ3v) is 4.09. The number of hydrogen-bond donors (Lipinski definition) is 1. The van der Waals surface area contributed by atoms with Gasteiger partial charge in [0.15, 0.2) is 0 Å². The van der Waals surface area contributed by atoms with Crippen molar-refractivity contribution in [1.82, 2.24) is 9.88 Å². The molecule has 0 bridgehead atoms. The summed E-state index contributed by atoms with van der Waals surface area (Å²) < 4.78 is 12.9. The van der Waals surface area contributed by atoms with Gasteiger partial charge in [-0.3, -0.25) is 9.59 Å². The molecule has 5 nitrogen and oxygen atoms in total. The van der Waals surface area contributed by atoms with E-state index < -0.39 is 0 Å². The predicted octanol–water partition coefficient (Wildman–Crippen LogP) is 2.25. The second kappa shape index (κ2) is 7.21. The zero-order valence-corrected chi connectivity index (χ0v) is 13.1. The molecule has 1 aromatic heterocycles. The van der Waals surface area contributed by atoms with Crippen molar-refractivity contribution in [3.8, 4) is 0 Å². The average molecular weight is 327 g/mol. The Balaban J connectivity index is 1.53. The number of amides is 2. The quantitative estimate of drug-likeness (QED) is 0.916. The van der Waals surface area contributed by atoms with Crippen molar-refractivity contribution in [3.63, 3.8) is 0 Å². The smallest absolute Gasteiger partial charge is 0.230 e. The summed E-state index contributed by atoms with van der Waals surface area (Å²) in [7, 11) is 0. The maximum Gasteiger partial charge on any atom is 0.230 e. The molecule has 1 saturated heterocycles. The van der Waals surface area contributed by atoms with Crippen molar-refractivity contribution in [2.45, 2.75) is 12.8 Å². The van der Waals surface area contributed by atoms with Crippen LogP contribution in [0.15, 0.2) is 48.7 Å².